The van der Waals surface area contributed by atoms with Crippen molar-refractivity contribution in [3.05, 3.63) is 108 Å². The molecule has 0 fully saturated rings. The molecule has 36 heavy (non-hydrogen) atoms. The van der Waals surface area contributed by atoms with Crippen molar-refractivity contribution in [1.82, 2.24) is 19.9 Å². The lowest BCUT2D eigenvalue weighted by molar-refractivity contribution is 0.450. The monoisotopic (exact) mass is 494 g/mol. The molecule has 5 rings (SSSR count). The molecule has 0 aliphatic heterocycles. The van der Waals surface area contributed by atoms with Crippen LogP contribution in [0.3, 0.4) is 0 Å². The molecule has 0 saturated carbocycles. The topological polar surface area (TPSA) is 51.6 Å². The summed E-state index contributed by atoms with van der Waals surface area (Å²) in [6, 6.07) is 12.1. The van der Waals surface area contributed by atoms with E-state index in [0.717, 1.165) is 24.5 Å². The second-order valence-corrected chi connectivity index (χ2v) is 7.55. The number of halogens is 6. The van der Waals surface area contributed by atoms with Crippen molar-refractivity contribution in [2.75, 3.05) is 0 Å². The summed E-state index contributed by atoms with van der Waals surface area (Å²) in [6.45, 7) is 0. The summed E-state index contributed by atoms with van der Waals surface area (Å²) in [5.74, 6) is -9.50. The molecule has 178 valence electrons. The van der Waals surface area contributed by atoms with Gasteiger partial charge in [-0.3, -0.25) is 9.97 Å². The van der Waals surface area contributed by atoms with Gasteiger partial charge in [0.05, 0.1) is 22.8 Å². The van der Waals surface area contributed by atoms with Gasteiger partial charge in [0.1, 0.15) is 6.33 Å². The minimum absolute atomic E-state index is 0.0380. The molecule has 4 nitrogen and oxygen atoms in total. The van der Waals surface area contributed by atoms with Crippen molar-refractivity contribution in [1.29, 1.82) is 0 Å². The average Bonchev–Trinajstić information content (AvgIpc) is 2.92. The van der Waals surface area contributed by atoms with Gasteiger partial charge in [0.15, 0.2) is 34.9 Å². The van der Waals surface area contributed by atoms with Gasteiger partial charge in [-0.2, -0.15) is 0 Å². The highest BCUT2D eigenvalue weighted by Gasteiger charge is 2.25. The Labute approximate surface area is 200 Å². The number of nitrogens with zero attached hydrogens (tertiary/aromatic N) is 4. The standard InChI is InChI=1S/C26H12F6N4/c27-21-13(17-5-1-3-7-33-17)9-15(23(29)25(21)31)19-11-20(36-12-35-19)16-10-14(18-6-2-4-8-34-18)22(28)26(32)24(16)30/h1-12H. The third-order valence-electron chi connectivity index (χ3n) is 5.39. The van der Waals surface area contributed by atoms with E-state index < -0.39 is 46.0 Å². The van der Waals surface area contributed by atoms with E-state index in [2.05, 4.69) is 19.9 Å². The predicted molar refractivity (Wildman–Crippen MR) is 119 cm³/mol. The summed E-state index contributed by atoms with van der Waals surface area (Å²) >= 11 is 0. The third kappa shape index (κ3) is 3.96. The van der Waals surface area contributed by atoms with Gasteiger partial charge >= 0.3 is 0 Å². The Hall–Kier alpha value is -4.60. The Kier molecular flexibility index (Phi) is 5.93. The maximum absolute atomic E-state index is 14.8. The second kappa shape index (κ2) is 9.21. The zero-order chi connectivity index (χ0) is 25.4. The summed E-state index contributed by atoms with van der Waals surface area (Å²) < 4.78 is 87.5. The van der Waals surface area contributed by atoms with Crippen LogP contribution in [0.4, 0.5) is 26.3 Å². The highest BCUT2D eigenvalue weighted by molar-refractivity contribution is 5.75. The van der Waals surface area contributed by atoms with E-state index in [1.807, 2.05) is 0 Å². The van der Waals surface area contributed by atoms with Crippen LogP contribution in [-0.4, -0.2) is 19.9 Å². The van der Waals surface area contributed by atoms with Gasteiger partial charge in [-0.25, -0.2) is 36.3 Å². The van der Waals surface area contributed by atoms with Crippen LogP contribution in [0.15, 0.2) is 73.3 Å². The van der Waals surface area contributed by atoms with E-state index in [-0.39, 0.29) is 33.9 Å². The number of benzene rings is 2. The van der Waals surface area contributed by atoms with E-state index in [1.165, 1.54) is 36.7 Å². The SMILES string of the molecule is Fc1c(-c2ccccn2)cc(-c2cc(-c3cc(-c4ccccn4)c(F)c(F)c3F)ncn2)c(F)c1F. The first-order valence-corrected chi connectivity index (χ1v) is 10.4. The fraction of sp³-hybridized carbons (Fsp3) is 0. The minimum Gasteiger partial charge on any atom is -0.256 e. The molecule has 0 N–H and O–H groups in total. The summed E-state index contributed by atoms with van der Waals surface area (Å²) in [6.07, 6.45) is 3.61. The Bertz CT molecular complexity index is 1480. The van der Waals surface area contributed by atoms with Crippen LogP contribution in [0.1, 0.15) is 0 Å². The molecule has 2 aromatic carbocycles. The normalized spacial score (nSPS) is 11.1. The van der Waals surface area contributed by atoms with Gasteiger partial charge in [-0.15, -0.1) is 0 Å². The highest BCUT2D eigenvalue weighted by atomic mass is 19.2. The Balaban J connectivity index is 1.68. The predicted octanol–water partition coefficient (Wildman–Crippen LogP) is 6.77. The largest absolute Gasteiger partial charge is 0.256 e. The van der Waals surface area contributed by atoms with Crippen molar-refractivity contribution >= 4 is 0 Å². The van der Waals surface area contributed by atoms with Crippen molar-refractivity contribution in [2.45, 2.75) is 0 Å². The number of rotatable bonds is 4. The molecule has 10 heteroatoms. The van der Waals surface area contributed by atoms with Crippen molar-refractivity contribution in [2.24, 2.45) is 0 Å². The van der Waals surface area contributed by atoms with E-state index in [0.29, 0.717) is 0 Å². The number of hydrogen-bond acceptors (Lipinski definition) is 4. The summed E-state index contributed by atoms with van der Waals surface area (Å²) in [7, 11) is 0. The number of pyridine rings is 2. The van der Waals surface area contributed by atoms with E-state index >= 15 is 0 Å². The fourth-order valence-corrected chi connectivity index (χ4v) is 3.65. The van der Waals surface area contributed by atoms with Gasteiger partial charge in [0.25, 0.3) is 0 Å². The summed E-state index contributed by atoms with van der Waals surface area (Å²) in [4.78, 5) is 15.7. The van der Waals surface area contributed by atoms with E-state index in [1.54, 1.807) is 12.1 Å². The second-order valence-electron chi connectivity index (χ2n) is 7.55. The summed E-state index contributed by atoms with van der Waals surface area (Å²) in [5.41, 5.74) is -2.03. The number of hydrogen-bond donors (Lipinski definition) is 0. The average molecular weight is 494 g/mol. The van der Waals surface area contributed by atoms with Crippen LogP contribution in [-0.2, 0) is 0 Å². The van der Waals surface area contributed by atoms with Crippen LogP contribution in [0.2, 0.25) is 0 Å². The van der Waals surface area contributed by atoms with Gasteiger partial charge in [0, 0.05) is 34.6 Å². The van der Waals surface area contributed by atoms with Crippen molar-refractivity contribution in [3.8, 4) is 45.0 Å². The lowest BCUT2D eigenvalue weighted by atomic mass is 10.00. The Morgan fingerprint density at radius 1 is 0.389 bits per heavy atom. The lowest BCUT2D eigenvalue weighted by Gasteiger charge is -2.12. The zero-order valence-corrected chi connectivity index (χ0v) is 18.0. The molecule has 0 radical (unpaired) electrons. The van der Waals surface area contributed by atoms with Gasteiger partial charge in [-0.05, 0) is 42.5 Å². The molecule has 0 aliphatic rings. The Morgan fingerprint density at radius 3 is 1.14 bits per heavy atom. The molecule has 0 spiro atoms. The van der Waals surface area contributed by atoms with E-state index in [4.69, 9.17) is 0 Å². The van der Waals surface area contributed by atoms with Crippen LogP contribution in [0.25, 0.3) is 45.0 Å². The first kappa shape index (κ1) is 23.2. The molecular weight excluding hydrogens is 482 g/mol. The van der Waals surface area contributed by atoms with Crippen molar-refractivity contribution < 1.29 is 26.3 Å². The molecule has 0 bridgehead atoms. The van der Waals surface area contributed by atoms with Crippen LogP contribution in [0, 0.1) is 34.9 Å². The maximum Gasteiger partial charge on any atom is 0.195 e. The molecule has 0 atom stereocenters. The van der Waals surface area contributed by atoms with Crippen LogP contribution >= 0.6 is 0 Å². The van der Waals surface area contributed by atoms with Gasteiger partial charge in [0.2, 0.25) is 0 Å². The third-order valence-corrected chi connectivity index (χ3v) is 5.39. The lowest BCUT2D eigenvalue weighted by Crippen LogP contribution is -2.02. The smallest absolute Gasteiger partial charge is 0.195 e. The molecule has 0 saturated heterocycles. The Morgan fingerprint density at radius 2 is 0.778 bits per heavy atom. The van der Waals surface area contributed by atoms with Crippen molar-refractivity contribution in [3.63, 3.8) is 0 Å². The first-order chi connectivity index (χ1) is 17.4. The quantitative estimate of drug-likeness (QED) is 0.204. The fourth-order valence-electron chi connectivity index (χ4n) is 3.65. The molecule has 3 heterocycles. The number of aromatic nitrogens is 4. The van der Waals surface area contributed by atoms with Gasteiger partial charge < -0.3 is 0 Å². The first-order valence-electron chi connectivity index (χ1n) is 10.4. The maximum atomic E-state index is 14.8. The minimum atomic E-state index is -1.76. The summed E-state index contributed by atoms with van der Waals surface area (Å²) in [5, 5.41) is 0. The molecule has 0 amide bonds. The molecular formula is C26H12F6N4. The molecule has 5 aromatic rings. The highest BCUT2D eigenvalue weighted by Crippen LogP contribution is 2.35. The molecule has 0 aliphatic carbocycles. The van der Waals surface area contributed by atoms with Gasteiger partial charge in [-0.1, -0.05) is 12.1 Å². The van der Waals surface area contributed by atoms with Crippen LogP contribution in [0.5, 0.6) is 0 Å². The van der Waals surface area contributed by atoms with E-state index in [9.17, 15) is 26.3 Å². The molecule has 3 aromatic heterocycles. The zero-order valence-electron chi connectivity index (χ0n) is 18.0. The molecule has 0 unspecified atom stereocenters. The van der Waals surface area contributed by atoms with Crippen LogP contribution < -0.4 is 0 Å².